The Balaban J connectivity index is 2.07. The Kier molecular flexibility index (Phi) is 8.74. The van der Waals surface area contributed by atoms with Gasteiger partial charge in [-0.15, -0.1) is 0 Å². The number of rotatable bonds is 9. The monoisotopic (exact) mass is 443 g/mol. The number of aliphatic hydroxyl groups is 1. The second kappa shape index (κ2) is 11.3. The molecule has 0 aliphatic carbocycles. The van der Waals surface area contributed by atoms with Crippen molar-refractivity contribution in [3.8, 4) is 16.9 Å². The van der Waals surface area contributed by atoms with E-state index in [9.17, 15) is 14.4 Å². The lowest BCUT2D eigenvalue weighted by atomic mass is 9.97. The van der Waals surface area contributed by atoms with E-state index in [-0.39, 0.29) is 30.7 Å². The zero-order valence-corrected chi connectivity index (χ0v) is 18.3. The van der Waals surface area contributed by atoms with Gasteiger partial charge in [0.15, 0.2) is 6.04 Å². The van der Waals surface area contributed by atoms with Gasteiger partial charge < -0.3 is 20.5 Å². The number of amides is 3. The van der Waals surface area contributed by atoms with Crippen LogP contribution in [-0.2, 0) is 9.59 Å². The molecule has 0 radical (unpaired) electrons. The summed E-state index contributed by atoms with van der Waals surface area (Å²) in [6.07, 6.45) is 0. The summed E-state index contributed by atoms with van der Waals surface area (Å²) >= 11 is 0. The molecule has 0 fully saturated rings. The SMILES string of the molecule is CC(C)(C)CNC(=O)C(NC(=O)c1ccc(-c2ccc(OCCO)cc2)cc1)C(=O)NO. The van der Waals surface area contributed by atoms with E-state index >= 15 is 0 Å². The molecule has 5 N–H and O–H groups in total. The summed E-state index contributed by atoms with van der Waals surface area (Å²) < 4.78 is 5.33. The molecular weight excluding hydrogens is 414 g/mol. The van der Waals surface area contributed by atoms with Gasteiger partial charge in [0, 0.05) is 12.1 Å². The van der Waals surface area contributed by atoms with Crippen molar-refractivity contribution in [2.24, 2.45) is 5.41 Å². The van der Waals surface area contributed by atoms with Crippen LogP contribution in [0.2, 0.25) is 0 Å². The van der Waals surface area contributed by atoms with Crippen molar-refractivity contribution >= 4 is 17.7 Å². The van der Waals surface area contributed by atoms with Gasteiger partial charge in [-0.05, 0) is 40.8 Å². The van der Waals surface area contributed by atoms with Crippen molar-refractivity contribution in [2.75, 3.05) is 19.8 Å². The predicted molar refractivity (Wildman–Crippen MR) is 118 cm³/mol. The fraction of sp³-hybridized carbons (Fsp3) is 0.348. The number of ether oxygens (including phenoxy) is 1. The van der Waals surface area contributed by atoms with Crippen molar-refractivity contribution in [1.82, 2.24) is 16.1 Å². The van der Waals surface area contributed by atoms with Gasteiger partial charge in [0.25, 0.3) is 17.7 Å². The van der Waals surface area contributed by atoms with Crippen LogP contribution in [0.4, 0.5) is 0 Å². The third kappa shape index (κ3) is 7.36. The second-order valence-corrected chi connectivity index (χ2v) is 8.33. The lowest BCUT2D eigenvalue weighted by Gasteiger charge is -2.22. The van der Waals surface area contributed by atoms with Crippen LogP contribution in [0.1, 0.15) is 31.1 Å². The maximum atomic E-state index is 12.6. The molecule has 32 heavy (non-hydrogen) atoms. The van der Waals surface area contributed by atoms with Crippen molar-refractivity contribution in [1.29, 1.82) is 0 Å². The highest BCUT2D eigenvalue weighted by molar-refractivity contribution is 6.08. The Bertz CT molecular complexity index is 920. The van der Waals surface area contributed by atoms with Crippen molar-refractivity contribution in [3.63, 3.8) is 0 Å². The van der Waals surface area contributed by atoms with E-state index in [0.29, 0.717) is 5.75 Å². The van der Waals surface area contributed by atoms with E-state index in [1.807, 2.05) is 32.9 Å². The smallest absolute Gasteiger partial charge is 0.275 e. The highest BCUT2D eigenvalue weighted by Crippen LogP contribution is 2.23. The normalized spacial score (nSPS) is 11.9. The summed E-state index contributed by atoms with van der Waals surface area (Å²) in [7, 11) is 0. The van der Waals surface area contributed by atoms with Gasteiger partial charge in [0.05, 0.1) is 6.61 Å². The summed E-state index contributed by atoms with van der Waals surface area (Å²) in [4.78, 5) is 36.9. The highest BCUT2D eigenvalue weighted by atomic mass is 16.5. The van der Waals surface area contributed by atoms with E-state index in [1.54, 1.807) is 36.4 Å². The Morgan fingerprint density at radius 1 is 0.938 bits per heavy atom. The van der Waals surface area contributed by atoms with Crippen molar-refractivity contribution in [2.45, 2.75) is 26.8 Å². The molecule has 9 heteroatoms. The zero-order chi connectivity index (χ0) is 23.7. The topological polar surface area (TPSA) is 137 Å². The molecule has 0 saturated heterocycles. The number of nitrogens with one attached hydrogen (secondary N) is 3. The van der Waals surface area contributed by atoms with Crippen LogP contribution in [0.25, 0.3) is 11.1 Å². The Hall–Kier alpha value is -3.43. The maximum absolute atomic E-state index is 12.6. The predicted octanol–water partition coefficient (Wildman–Crippen LogP) is 1.49. The number of hydrogen-bond acceptors (Lipinski definition) is 6. The van der Waals surface area contributed by atoms with E-state index in [4.69, 9.17) is 15.1 Å². The Morgan fingerprint density at radius 2 is 1.50 bits per heavy atom. The van der Waals surface area contributed by atoms with E-state index in [0.717, 1.165) is 11.1 Å². The second-order valence-electron chi connectivity index (χ2n) is 8.33. The first-order chi connectivity index (χ1) is 15.1. The molecule has 0 aliphatic heterocycles. The van der Waals surface area contributed by atoms with Crippen molar-refractivity contribution < 1.29 is 29.4 Å². The van der Waals surface area contributed by atoms with Gasteiger partial charge in [-0.25, -0.2) is 5.48 Å². The largest absolute Gasteiger partial charge is 0.491 e. The third-order valence-corrected chi connectivity index (χ3v) is 4.40. The molecule has 1 atom stereocenters. The van der Waals surface area contributed by atoms with Crippen LogP contribution in [0.3, 0.4) is 0 Å². The van der Waals surface area contributed by atoms with Gasteiger partial charge in [-0.2, -0.15) is 0 Å². The summed E-state index contributed by atoms with van der Waals surface area (Å²) in [6.45, 7) is 6.16. The number of carbonyl (C=O) groups is 3. The minimum atomic E-state index is -1.58. The molecule has 0 aromatic heterocycles. The summed E-state index contributed by atoms with van der Waals surface area (Å²) in [5.74, 6) is -1.76. The Morgan fingerprint density at radius 3 is 2.00 bits per heavy atom. The highest BCUT2D eigenvalue weighted by Gasteiger charge is 2.29. The van der Waals surface area contributed by atoms with Crippen LogP contribution < -0.4 is 20.9 Å². The van der Waals surface area contributed by atoms with Crippen LogP contribution in [0.15, 0.2) is 48.5 Å². The fourth-order valence-electron chi connectivity index (χ4n) is 2.70. The Labute approximate surface area is 186 Å². The first-order valence-corrected chi connectivity index (χ1v) is 10.1. The number of hydrogen-bond donors (Lipinski definition) is 5. The molecule has 9 nitrogen and oxygen atoms in total. The molecule has 0 saturated carbocycles. The molecule has 0 heterocycles. The molecule has 0 bridgehead atoms. The van der Waals surface area contributed by atoms with Gasteiger partial charge in [0.1, 0.15) is 12.4 Å². The average Bonchev–Trinajstić information content (AvgIpc) is 2.79. The standard InChI is InChI=1S/C23H29N3O6/c1-23(2,3)14-24-21(29)19(22(30)26-31)25-20(28)17-6-4-15(5-7-17)16-8-10-18(11-9-16)32-13-12-27/h4-11,19,27,31H,12-14H2,1-3H3,(H,24,29)(H,25,28)(H,26,30). The summed E-state index contributed by atoms with van der Waals surface area (Å²) in [5.41, 5.74) is 3.18. The van der Waals surface area contributed by atoms with Gasteiger partial charge in [-0.3, -0.25) is 19.6 Å². The lowest BCUT2D eigenvalue weighted by molar-refractivity contribution is -0.137. The van der Waals surface area contributed by atoms with Gasteiger partial charge >= 0.3 is 0 Å². The number of benzene rings is 2. The van der Waals surface area contributed by atoms with E-state index < -0.39 is 23.8 Å². The zero-order valence-electron chi connectivity index (χ0n) is 18.3. The molecule has 2 aromatic rings. The molecule has 0 spiro atoms. The number of aliphatic hydroxyl groups excluding tert-OH is 1. The van der Waals surface area contributed by atoms with Gasteiger partial charge in [-0.1, -0.05) is 45.0 Å². The molecule has 2 aromatic carbocycles. The molecule has 2 rings (SSSR count). The number of hydroxylamine groups is 1. The maximum Gasteiger partial charge on any atom is 0.275 e. The average molecular weight is 444 g/mol. The van der Waals surface area contributed by atoms with E-state index in [1.165, 1.54) is 5.48 Å². The van der Waals surface area contributed by atoms with Crippen molar-refractivity contribution in [3.05, 3.63) is 54.1 Å². The van der Waals surface area contributed by atoms with Crippen LogP contribution in [0, 0.1) is 5.41 Å². The molecule has 0 aliphatic rings. The molecular formula is C23H29N3O6. The first kappa shape index (κ1) is 24.8. The number of carbonyl (C=O) groups excluding carboxylic acids is 3. The minimum absolute atomic E-state index is 0.0651. The molecule has 172 valence electrons. The van der Waals surface area contributed by atoms with Crippen LogP contribution in [-0.4, -0.2) is 53.8 Å². The van der Waals surface area contributed by atoms with Crippen LogP contribution >= 0.6 is 0 Å². The molecule has 1 unspecified atom stereocenters. The lowest BCUT2D eigenvalue weighted by Crippen LogP contribution is -2.55. The first-order valence-electron chi connectivity index (χ1n) is 10.1. The molecule has 3 amide bonds. The van der Waals surface area contributed by atoms with Crippen LogP contribution in [0.5, 0.6) is 5.75 Å². The summed E-state index contributed by atoms with van der Waals surface area (Å²) in [6, 6.07) is 12.3. The van der Waals surface area contributed by atoms with E-state index in [2.05, 4.69) is 10.6 Å². The minimum Gasteiger partial charge on any atom is -0.491 e. The summed E-state index contributed by atoms with van der Waals surface area (Å²) in [5, 5.41) is 22.7. The quantitative estimate of drug-likeness (QED) is 0.226. The fourth-order valence-corrected chi connectivity index (χ4v) is 2.70. The third-order valence-electron chi connectivity index (χ3n) is 4.40. The van der Waals surface area contributed by atoms with Gasteiger partial charge in [0.2, 0.25) is 0 Å².